The Balaban J connectivity index is 2.60. The number of aliphatic hydroxyl groups is 1. The van der Waals surface area contributed by atoms with E-state index in [9.17, 15) is 9.90 Å². The van der Waals surface area contributed by atoms with Gasteiger partial charge in [-0.1, -0.05) is 17.8 Å². The molecule has 94 valence electrons. The summed E-state index contributed by atoms with van der Waals surface area (Å²) in [5.41, 5.74) is 0.759. The fourth-order valence-electron chi connectivity index (χ4n) is 1.34. The minimum Gasteiger partial charge on any atom is -0.389 e. The highest BCUT2D eigenvalue weighted by Crippen LogP contribution is 2.24. The summed E-state index contributed by atoms with van der Waals surface area (Å²) in [6.45, 7) is 5.53. The summed E-state index contributed by atoms with van der Waals surface area (Å²) in [6.07, 6.45) is 1.09. The van der Waals surface area contributed by atoms with Crippen molar-refractivity contribution in [3.63, 3.8) is 0 Å². The number of rotatable bonds is 5. The van der Waals surface area contributed by atoms with Gasteiger partial charge in [0, 0.05) is 17.8 Å². The highest BCUT2D eigenvalue weighted by Gasteiger charge is 2.11. The van der Waals surface area contributed by atoms with Crippen LogP contribution in [0.25, 0.3) is 0 Å². The average molecular weight is 254 g/mol. The predicted octanol–water partition coefficient (Wildman–Crippen LogP) is 1.75. The Kier molecular flexibility index (Phi) is 5.44. The molecule has 0 aromatic carbocycles. The van der Waals surface area contributed by atoms with Crippen LogP contribution in [-0.2, 0) is 4.79 Å². The van der Waals surface area contributed by atoms with Crippen LogP contribution in [0, 0.1) is 0 Å². The second kappa shape index (κ2) is 6.61. The molecule has 1 unspecified atom stereocenters. The average Bonchev–Trinajstić information content (AvgIpc) is 2.25. The lowest BCUT2D eigenvalue weighted by Crippen LogP contribution is -2.31. The summed E-state index contributed by atoms with van der Waals surface area (Å²) in [4.78, 5) is 15.7. The van der Waals surface area contributed by atoms with E-state index in [4.69, 9.17) is 0 Å². The maximum absolute atomic E-state index is 11.5. The first kappa shape index (κ1) is 14.0. The number of aromatic nitrogens is 1. The lowest BCUT2D eigenvalue weighted by Gasteiger charge is -2.11. The number of aliphatic hydroxyl groups excluding tert-OH is 1. The third-order valence-electron chi connectivity index (χ3n) is 2.04. The lowest BCUT2D eigenvalue weighted by atomic mass is 10.2. The van der Waals surface area contributed by atoms with Crippen molar-refractivity contribution in [2.75, 3.05) is 5.75 Å². The van der Waals surface area contributed by atoms with Crippen LogP contribution in [-0.4, -0.2) is 27.8 Å². The minimum absolute atomic E-state index is 0.0211. The third-order valence-corrected chi connectivity index (χ3v) is 3.06. The van der Waals surface area contributed by atoms with Crippen LogP contribution in [0.4, 0.5) is 0 Å². The van der Waals surface area contributed by atoms with Crippen LogP contribution < -0.4 is 5.32 Å². The second-order valence-electron chi connectivity index (χ2n) is 4.08. The van der Waals surface area contributed by atoms with Gasteiger partial charge in [-0.05, 0) is 26.8 Å². The first-order valence-corrected chi connectivity index (χ1v) is 6.54. The molecule has 0 bridgehead atoms. The van der Waals surface area contributed by atoms with E-state index in [1.54, 1.807) is 19.2 Å². The number of amides is 1. The van der Waals surface area contributed by atoms with Crippen LogP contribution in [0.1, 0.15) is 32.4 Å². The smallest absolute Gasteiger partial charge is 0.230 e. The zero-order valence-corrected chi connectivity index (χ0v) is 11.1. The van der Waals surface area contributed by atoms with E-state index in [1.807, 2.05) is 19.9 Å². The molecule has 1 heterocycles. The molecule has 1 amide bonds. The zero-order chi connectivity index (χ0) is 12.8. The molecule has 1 aromatic heterocycles. The van der Waals surface area contributed by atoms with E-state index >= 15 is 0 Å². The van der Waals surface area contributed by atoms with Gasteiger partial charge in [0.2, 0.25) is 5.91 Å². The molecule has 1 atom stereocenters. The lowest BCUT2D eigenvalue weighted by molar-refractivity contribution is -0.119. The first-order valence-electron chi connectivity index (χ1n) is 5.56. The van der Waals surface area contributed by atoms with Gasteiger partial charge in [-0.2, -0.15) is 0 Å². The van der Waals surface area contributed by atoms with E-state index in [2.05, 4.69) is 10.3 Å². The fourth-order valence-corrected chi connectivity index (χ4v) is 2.23. The van der Waals surface area contributed by atoms with Crippen LogP contribution in [0.3, 0.4) is 0 Å². The van der Waals surface area contributed by atoms with Crippen molar-refractivity contribution >= 4 is 17.7 Å². The number of nitrogens with one attached hydrogen (secondary N) is 1. The van der Waals surface area contributed by atoms with Crippen LogP contribution in [0.2, 0.25) is 0 Å². The Morgan fingerprint density at radius 2 is 2.24 bits per heavy atom. The third kappa shape index (κ3) is 4.75. The summed E-state index contributed by atoms with van der Waals surface area (Å²) >= 11 is 1.34. The van der Waals surface area contributed by atoms with Crippen LogP contribution >= 0.6 is 11.8 Å². The van der Waals surface area contributed by atoms with Crippen LogP contribution in [0.5, 0.6) is 0 Å². The van der Waals surface area contributed by atoms with Gasteiger partial charge in [0.05, 0.1) is 11.9 Å². The van der Waals surface area contributed by atoms with Gasteiger partial charge < -0.3 is 10.4 Å². The molecule has 0 radical (unpaired) electrons. The van der Waals surface area contributed by atoms with E-state index in [1.165, 1.54) is 11.8 Å². The Morgan fingerprint density at radius 1 is 1.53 bits per heavy atom. The normalized spacial score (nSPS) is 12.5. The Hall–Kier alpha value is -1.07. The maximum Gasteiger partial charge on any atom is 0.230 e. The highest BCUT2D eigenvalue weighted by molar-refractivity contribution is 7.99. The molecule has 0 fully saturated rings. The van der Waals surface area contributed by atoms with Crippen molar-refractivity contribution in [1.29, 1.82) is 0 Å². The summed E-state index contributed by atoms with van der Waals surface area (Å²) in [5, 5.41) is 13.1. The standard InChI is InChI=1S/C12H18N2O2S/c1-8(2)14-11(16)7-17-12-10(9(3)15)5-4-6-13-12/h4-6,8-9,15H,7H2,1-3H3,(H,14,16). The minimum atomic E-state index is -0.570. The van der Waals surface area contributed by atoms with Crippen molar-refractivity contribution in [2.24, 2.45) is 0 Å². The van der Waals surface area contributed by atoms with Crippen LogP contribution in [0.15, 0.2) is 23.4 Å². The van der Waals surface area contributed by atoms with Gasteiger partial charge in [0.1, 0.15) is 5.03 Å². The molecule has 1 rings (SSSR count). The quantitative estimate of drug-likeness (QED) is 0.786. The molecule has 1 aromatic rings. The van der Waals surface area contributed by atoms with Crippen molar-refractivity contribution in [2.45, 2.75) is 37.9 Å². The van der Waals surface area contributed by atoms with E-state index in [-0.39, 0.29) is 11.9 Å². The molecule has 5 heteroatoms. The van der Waals surface area contributed by atoms with Gasteiger partial charge in [0.15, 0.2) is 0 Å². The predicted molar refractivity (Wildman–Crippen MR) is 68.9 cm³/mol. The molecule has 0 spiro atoms. The maximum atomic E-state index is 11.5. The number of pyridine rings is 1. The number of carbonyl (C=O) groups excluding carboxylic acids is 1. The highest BCUT2D eigenvalue weighted by atomic mass is 32.2. The molecule has 0 aliphatic heterocycles. The monoisotopic (exact) mass is 254 g/mol. The number of thioether (sulfide) groups is 1. The molecule has 17 heavy (non-hydrogen) atoms. The summed E-state index contributed by atoms with van der Waals surface area (Å²) in [7, 11) is 0. The Morgan fingerprint density at radius 3 is 2.82 bits per heavy atom. The Bertz CT molecular complexity index is 381. The molecule has 0 aliphatic rings. The molecule has 0 aliphatic carbocycles. The largest absolute Gasteiger partial charge is 0.389 e. The molecular weight excluding hydrogens is 236 g/mol. The number of hydrogen-bond acceptors (Lipinski definition) is 4. The molecule has 2 N–H and O–H groups in total. The van der Waals surface area contributed by atoms with Gasteiger partial charge in [-0.25, -0.2) is 4.98 Å². The topological polar surface area (TPSA) is 62.2 Å². The summed E-state index contributed by atoms with van der Waals surface area (Å²) in [5.74, 6) is 0.293. The molecular formula is C12H18N2O2S. The number of carbonyl (C=O) groups is 1. The summed E-state index contributed by atoms with van der Waals surface area (Å²) < 4.78 is 0. The molecule has 0 saturated carbocycles. The SMILES string of the molecule is CC(C)NC(=O)CSc1ncccc1C(C)O. The van der Waals surface area contributed by atoms with E-state index in [0.29, 0.717) is 10.8 Å². The zero-order valence-electron chi connectivity index (χ0n) is 10.3. The summed E-state index contributed by atoms with van der Waals surface area (Å²) in [6, 6.07) is 3.74. The molecule has 0 saturated heterocycles. The second-order valence-corrected chi connectivity index (χ2v) is 5.05. The molecule has 4 nitrogen and oxygen atoms in total. The van der Waals surface area contributed by atoms with Crippen molar-refractivity contribution < 1.29 is 9.90 Å². The van der Waals surface area contributed by atoms with Gasteiger partial charge in [0.25, 0.3) is 0 Å². The van der Waals surface area contributed by atoms with E-state index in [0.717, 1.165) is 5.56 Å². The van der Waals surface area contributed by atoms with Crippen molar-refractivity contribution in [1.82, 2.24) is 10.3 Å². The van der Waals surface area contributed by atoms with E-state index < -0.39 is 6.10 Å². The Labute approximate surface area is 106 Å². The fraction of sp³-hybridized carbons (Fsp3) is 0.500. The van der Waals surface area contributed by atoms with Gasteiger partial charge >= 0.3 is 0 Å². The first-order chi connectivity index (χ1) is 8.00. The number of hydrogen-bond donors (Lipinski definition) is 2. The van der Waals surface area contributed by atoms with Gasteiger partial charge in [-0.15, -0.1) is 0 Å². The van der Waals surface area contributed by atoms with Gasteiger partial charge in [-0.3, -0.25) is 4.79 Å². The van der Waals surface area contributed by atoms with Crippen molar-refractivity contribution in [3.8, 4) is 0 Å². The number of nitrogens with zero attached hydrogens (tertiary/aromatic N) is 1. The van der Waals surface area contributed by atoms with Crippen molar-refractivity contribution in [3.05, 3.63) is 23.9 Å².